The van der Waals surface area contributed by atoms with Gasteiger partial charge in [0, 0.05) is 6.54 Å². The Morgan fingerprint density at radius 3 is 3.00 bits per heavy atom. The number of hydrogen-bond acceptors (Lipinski definition) is 2. The van der Waals surface area contributed by atoms with Crippen LogP contribution in [-0.2, 0) is 4.53 Å². The van der Waals surface area contributed by atoms with Crippen molar-refractivity contribution < 1.29 is 4.53 Å². The van der Waals surface area contributed by atoms with Crippen LogP contribution in [0.3, 0.4) is 0 Å². The van der Waals surface area contributed by atoms with E-state index < -0.39 is 0 Å². The highest BCUT2D eigenvalue weighted by atomic mass is 28.2. The van der Waals surface area contributed by atoms with Crippen LogP contribution in [0.25, 0.3) is 0 Å². The molecule has 0 radical (unpaired) electrons. The van der Waals surface area contributed by atoms with E-state index in [1.807, 2.05) is 0 Å². The van der Waals surface area contributed by atoms with E-state index in [0.717, 1.165) is 6.54 Å². The lowest BCUT2D eigenvalue weighted by atomic mass is 10.7. The summed E-state index contributed by atoms with van der Waals surface area (Å²) in [6.07, 6.45) is 2.09. The molecule has 0 bridgehead atoms. The summed E-state index contributed by atoms with van der Waals surface area (Å²) in [5.41, 5.74) is 4.88. The van der Waals surface area contributed by atoms with Gasteiger partial charge in [-0.25, -0.2) is 5.48 Å². The first-order valence-corrected chi connectivity index (χ1v) is 3.39. The standard InChI is InChI=1S/C3H7NOSi/c1-2-4-5-6-3-1/h1,3-4H,2,6H2. The topological polar surface area (TPSA) is 21.3 Å². The lowest BCUT2D eigenvalue weighted by molar-refractivity contribution is 0.220. The molecule has 0 spiro atoms. The highest BCUT2D eigenvalue weighted by Gasteiger charge is 1.85. The smallest absolute Gasteiger partial charge is 0.213 e. The lowest BCUT2D eigenvalue weighted by Crippen LogP contribution is -2.20. The molecule has 1 aliphatic heterocycles. The lowest BCUT2D eigenvalue weighted by Gasteiger charge is -2.02. The molecule has 1 N–H and O–H groups in total. The summed E-state index contributed by atoms with van der Waals surface area (Å²) in [7, 11) is -0.283. The third kappa shape index (κ3) is 0.929. The second-order valence-corrected chi connectivity index (χ2v) is 2.22. The van der Waals surface area contributed by atoms with E-state index in [1.54, 1.807) is 0 Å². The molecule has 34 valence electrons. The molecule has 0 unspecified atom stereocenters. The summed E-state index contributed by atoms with van der Waals surface area (Å²) < 4.78 is 4.87. The molecule has 0 saturated heterocycles. The molecule has 2 nitrogen and oxygen atoms in total. The van der Waals surface area contributed by atoms with Gasteiger partial charge in [0.05, 0.1) is 0 Å². The summed E-state index contributed by atoms with van der Waals surface area (Å²) in [5.74, 6) is 0. The average Bonchev–Trinajstić information content (AvgIpc) is 1.72. The summed E-state index contributed by atoms with van der Waals surface area (Å²) in [6.45, 7) is 0.882. The molecule has 0 atom stereocenters. The predicted molar refractivity (Wildman–Crippen MR) is 26.8 cm³/mol. The zero-order valence-electron chi connectivity index (χ0n) is 3.48. The van der Waals surface area contributed by atoms with Crippen LogP contribution in [0.5, 0.6) is 0 Å². The predicted octanol–water partition coefficient (Wildman–Crippen LogP) is -0.881. The Kier molecular flexibility index (Phi) is 1.43. The van der Waals surface area contributed by atoms with Crippen LogP contribution < -0.4 is 5.48 Å². The Balaban J connectivity index is 2.26. The van der Waals surface area contributed by atoms with E-state index >= 15 is 0 Å². The van der Waals surface area contributed by atoms with Gasteiger partial charge in [0.25, 0.3) is 0 Å². The summed E-state index contributed by atoms with van der Waals surface area (Å²) in [6, 6.07) is 0. The van der Waals surface area contributed by atoms with E-state index in [9.17, 15) is 0 Å². The third-order valence-electron chi connectivity index (χ3n) is 0.649. The first-order chi connectivity index (χ1) is 3.00. The minimum Gasteiger partial charge on any atom is -0.348 e. The highest BCUT2D eigenvalue weighted by molar-refractivity contribution is 6.34. The van der Waals surface area contributed by atoms with Crippen LogP contribution in [0.1, 0.15) is 0 Å². The largest absolute Gasteiger partial charge is 0.348 e. The van der Waals surface area contributed by atoms with E-state index in [0.29, 0.717) is 0 Å². The maximum atomic E-state index is 4.87. The maximum absolute atomic E-state index is 4.87. The molecule has 1 rings (SSSR count). The molecule has 6 heavy (non-hydrogen) atoms. The molecule has 0 aromatic rings. The van der Waals surface area contributed by atoms with Crippen molar-refractivity contribution in [2.45, 2.75) is 0 Å². The zero-order valence-corrected chi connectivity index (χ0v) is 4.89. The van der Waals surface area contributed by atoms with E-state index in [1.165, 1.54) is 0 Å². The van der Waals surface area contributed by atoms with Crippen molar-refractivity contribution >= 4 is 9.76 Å². The van der Waals surface area contributed by atoms with E-state index in [4.69, 9.17) is 4.53 Å². The maximum Gasteiger partial charge on any atom is 0.213 e. The third-order valence-corrected chi connectivity index (χ3v) is 1.55. The molecular formula is C3H7NOSi. The van der Waals surface area contributed by atoms with Crippen molar-refractivity contribution in [3.05, 3.63) is 11.8 Å². The highest BCUT2D eigenvalue weighted by Crippen LogP contribution is 1.75. The Bertz CT molecular complexity index is 55.8. The normalized spacial score (nSPS) is 25.3. The van der Waals surface area contributed by atoms with Gasteiger partial charge in [0.15, 0.2) is 0 Å². The van der Waals surface area contributed by atoms with Crippen molar-refractivity contribution in [2.75, 3.05) is 6.54 Å². The molecule has 0 aromatic heterocycles. The van der Waals surface area contributed by atoms with Gasteiger partial charge >= 0.3 is 0 Å². The van der Waals surface area contributed by atoms with Gasteiger partial charge in [-0.2, -0.15) is 0 Å². The van der Waals surface area contributed by atoms with Crippen molar-refractivity contribution in [3.8, 4) is 0 Å². The second kappa shape index (κ2) is 2.12. The van der Waals surface area contributed by atoms with E-state index in [-0.39, 0.29) is 9.76 Å². The van der Waals surface area contributed by atoms with Gasteiger partial charge in [-0.05, 0) is 0 Å². The van der Waals surface area contributed by atoms with Crippen molar-refractivity contribution in [3.63, 3.8) is 0 Å². The van der Waals surface area contributed by atoms with Crippen molar-refractivity contribution in [2.24, 2.45) is 0 Å². The fraction of sp³-hybridized carbons (Fsp3) is 0.333. The van der Waals surface area contributed by atoms with Crippen LogP contribution >= 0.6 is 0 Å². The molecule has 0 fully saturated rings. The number of rotatable bonds is 0. The van der Waals surface area contributed by atoms with Crippen LogP contribution in [0.4, 0.5) is 0 Å². The van der Waals surface area contributed by atoms with Gasteiger partial charge in [-0.3, -0.25) is 0 Å². The van der Waals surface area contributed by atoms with Crippen LogP contribution in [0.15, 0.2) is 11.8 Å². The molecule has 0 amide bonds. The summed E-state index contributed by atoms with van der Waals surface area (Å²) >= 11 is 0. The van der Waals surface area contributed by atoms with Gasteiger partial charge in [0.1, 0.15) is 0 Å². The number of hydroxylamine groups is 1. The molecule has 0 aromatic carbocycles. The SMILES string of the molecule is C1=C[SiH2]ONC1. The molecular weight excluding hydrogens is 94.1 g/mol. The second-order valence-electron chi connectivity index (χ2n) is 1.13. The average molecular weight is 101 g/mol. The van der Waals surface area contributed by atoms with Gasteiger partial charge < -0.3 is 4.53 Å². The van der Waals surface area contributed by atoms with Gasteiger partial charge in [-0.1, -0.05) is 11.8 Å². The number of nitrogens with one attached hydrogen (secondary N) is 1. The fourth-order valence-electron chi connectivity index (χ4n) is 0.365. The van der Waals surface area contributed by atoms with Crippen LogP contribution in [0, 0.1) is 0 Å². The van der Waals surface area contributed by atoms with Crippen LogP contribution in [-0.4, -0.2) is 16.3 Å². The molecule has 0 aliphatic carbocycles. The van der Waals surface area contributed by atoms with Gasteiger partial charge in [0.2, 0.25) is 9.76 Å². The van der Waals surface area contributed by atoms with Crippen molar-refractivity contribution in [1.82, 2.24) is 5.48 Å². The minimum absolute atomic E-state index is 0.283. The molecule has 1 aliphatic rings. The Morgan fingerprint density at radius 1 is 1.83 bits per heavy atom. The molecule has 0 saturated carbocycles. The summed E-state index contributed by atoms with van der Waals surface area (Å²) in [5, 5.41) is 0. The first-order valence-electron chi connectivity index (χ1n) is 2.00. The Morgan fingerprint density at radius 2 is 2.83 bits per heavy atom. The van der Waals surface area contributed by atoms with E-state index in [2.05, 4.69) is 17.3 Å². The summed E-state index contributed by atoms with van der Waals surface area (Å²) in [4.78, 5) is 0. The Labute approximate surface area is 39.1 Å². The monoisotopic (exact) mass is 101 g/mol. The van der Waals surface area contributed by atoms with Crippen LogP contribution in [0.2, 0.25) is 0 Å². The fourth-order valence-corrected chi connectivity index (χ4v) is 1.00. The Hall–Kier alpha value is -0.123. The quantitative estimate of drug-likeness (QED) is 0.400. The minimum atomic E-state index is -0.283. The first kappa shape index (κ1) is 4.05. The molecule has 3 heteroatoms. The number of hydrogen-bond donors (Lipinski definition) is 1. The molecule has 1 heterocycles. The van der Waals surface area contributed by atoms with Gasteiger partial charge in [-0.15, -0.1) is 0 Å². The zero-order chi connectivity index (χ0) is 4.24. The van der Waals surface area contributed by atoms with Crippen molar-refractivity contribution in [1.29, 1.82) is 0 Å².